The van der Waals surface area contributed by atoms with Gasteiger partial charge in [0.1, 0.15) is 11.8 Å². The summed E-state index contributed by atoms with van der Waals surface area (Å²) in [6.45, 7) is 2.65. The summed E-state index contributed by atoms with van der Waals surface area (Å²) >= 11 is 0. The van der Waals surface area contributed by atoms with Crippen molar-refractivity contribution in [2.75, 3.05) is 24.5 Å². The van der Waals surface area contributed by atoms with Crippen molar-refractivity contribution in [3.8, 4) is 0 Å². The van der Waals surface area contributed by atoms with E-state index in [-0.39, 0.29) is 18.0 Å². The molecule has 0 aliphatic carbocycles. The number of hydrogen-bond acceptors (Lipinski definition) is 5. The standard InChI is InChI=1S/C20H20F2N6/c21-14-3-1-2-12(15(14)22)13-8-28(17-11-4-6-27(7-5-11)18(13)17)20-16-19(24-9-23-16)25-10-26-20/h1-3,9-11,13,17-18H,4-8H2,(H,23,24,25,26)/t13-,17+,18+/m0/s1. The van der Waals surface area contributed by atoms with Gasteiger partial charge in [0.05, 0.1) is 6.33 Å². The van der Waals surface area contributed by atoms with E-state index in [9.17, 15) is 8.78 Å². The molecule has 144 valence electrons. The van der Waals surface area contributed by atoms with E-state index < -0.39 is 11.6 Å². The van der Waals surface area contributed by atoms with E-state index in [4.69, 9.17) is 0 Å². The third-order valence-corrected chi connectivity index (χ3v) is 6.85. The minimum atomic E-state index is -0.776. The second-order valence-corrected chi connectivity index (χ2v) is 8.05. The molecule has 2 bridgehead atoms. The number of fused-ring (bicyclic) bond motifs is 3. The first-order chi connectivity index (χ1) is 13.7. The first kappa shape index (κ1) is 16.4. The van der Waals surface area contributed by atoms with Crippen LogP contribution in [0.2, 0.25) is 0 Å². The number of nitrogens with one attached hydrogen (secondary N) is 1. The Morgan fingerprint density at radius 1 is 1.04 bits per heavy atom. The van der Waals surface area contributed by atoms with Crippen LogP contribution in [0.25, 0.3) is 11.2 Å². The van der Waals surface area contributed by atoms with Crippen molar-refractivity contribution in [3.63, 3.8) is 0 Å². The van der Waals surface area contributed by atoms with Gasteiger partial charge in [0.15, 0.2) is 23.1 Å². The third kappa shape index (κ3) is 2.18. The zero-order valence-corrected chi connectivity index (χ0v) is 15.2. The second kappa shape index (κ2) is 5.94. The Kier molecular flexibility index (Phi) is 3.47. The summed E-state index contributed by atoms with van der Waals surface area (Å²) in [5, 5.41) is 0. The van der Waals surface area contributed by atoms with Crippen molar-refractivity contribution in [2.24, 2.45) is 5.92 Å². The van der Waals surface area contributed by atoms with Crippen LogP contribution < -0.4 is 4.90 Å². The van der Waals surface area contributed by atoms with Gasteiger partial charge < -0.3 is 9.88 Å². The smallest absolute Gasteiger partial charge is 0.182 e. The van der Waals surface area contributed by atoms with Crippen LogP contribution in [0.1, 0.15) is 24.3 Å². The normalized spacial score (nSPS) is 31.5. The largest absolute Gasteiger partial charge is 0.349 e. The van der Waals surface area contributed by atoms with Gasteiger partial charge in [-0.15, -0.1) is 0 Å². The summed E-state index contributed by atoms with van der Waals surface area (Å²) in [4.78, 5) is 20.9. The highest BCUT2D eigenvalue weighted by Gasteiger charge is 2.54. The number of imidazole rings is 1. The van der Waals surface area contributed by atoms with Gasteiger partial charge >= 0.3 is 0 Å². The molecule has 6 nitrogen and oxygen atoms in total. The van der Waals surface area contributed by atoms with Gasteiger partial charge in [-0.25, -0.2) is 23.7 Å². The van der Waals surface area contributed by atoms with Crippen LogP contribution in [0.5, 0.6) is 0 Å². The molecule has 2 aromatic heterocycles. The molecule has 4 fully saturated rings. The monoisotopic (exact) mass is 382 g/mol. The molecule has 0 saturated carbocycles. The molecule has 1 aromatic carbocycles. The molecule has 0 unspecified atom stereocenters. The van der Waals surface area contributed by atoms with Crippen LogP contribution in [0, 0.1) is 17.6 Å². The fourth-order valence-electron chi connectivity index (χ4n) is 5.71. The van der Waals surface area contributed by atoms with Gasteiger partial charge in [-0.05, 0) is 43.5 Å². The first-order valence-electron chi connectivity index (χ1n) is 9.81. The summed E-state index contributed by atoms with van der Waals surface area (Å²) in [5.41, 5.74) is 1.90. The highest BCUT2D eigenvalue weighted by molar-refractivity contribution is 5.83. The van der Waals surface area contributed by atoms with Crippen LogP contribution in [0.4, 0.5) is 14.6 Å². The molecule has 7 rings (SSSR count). The van der Waals surface area contributed by atoms with E-state index in [1.165, 1.54) is 12.4 Å². The van der Waals surface area contributed by atoms with Gasteiger partial charge in [0.2, 0.25) is 0 Å². The average Bonchev–Trinajstić information content (AvgIpc) is 3.37. The van der Waals surface area contributed by atoms with Crippen LogP contribution in [0.15, 0.2) is 30.9 Å². The zero-order chi connectivity index (χ0) is 18.8. The van der Waals surface area contributed by atoms with E-state index in [0.29, 0.717) is 23.7 Å². The number of anilines is 1. The number of aromatic amines is 1. The molecule has 4 saturated heterocycles. The SMILES string of the molecule is Fc1cccc([C@@H]2CN(c3ncnc4nc[nH]c34)[C@@H]3C4CCN(CC4)[C@@H]32)c1F. The summed E-state index contributed by atoms with van der Waals surface area (Å²) in [6.07, 6.45) is 5.42. The van der Waals surface area contributed by atoms with Gasteiger partial charge in [0.25, 0.3) is 0 Å². The van der Waals surface area contributed by atoms with Crippen molar-refractivity contribution >= 4 is 17.0 Å². The highest BCUT2D eigenvalue weighted by atomic mass is 19.2. The van der Waals surface area contributed by atoms with E-state index in [1.807, 2.05) is 0 Å². The lowest BCUT2D eigenvalue weighted by atomic mass is 9.75. The van der Waals surface area contributed by atoms with Crippen molar-refractivity contribution in [1.29, 1.82) is 0 Å². The van der Waals surface area contributed by atoms with Crippen molar-refractivity contribution < 1.29 is 8.78 Å². The summed E-state index contributed by atoms with van der Waals surface area (Å²) in [7, 11) is 0. The fourth-order valence-corrected chi connectivity index (χ4v) is 5.71. The van der Waals surface area contributed by atoms with Crippen molar-refractivity contribution in [2.45, 2.75) is 30.8 Å². The van der Waals surface area contributed by atoms with E-state index in [2.05, 4.69) is 29.7 Å². The van der Waals surface area contributed by atoms with E-state index in [1.54, 1.807) is 18.5 Å². The molecule has 6 heterocycles. The Bertz CT molecular complexity index is 1040. The van der Waals surface area contributed by atoms with Gasteiger partial charge in [-0.2, -0.15) is 0 Å². The summed E-state index contributed by atoms with van der Waals surface area (Å²) < 4.78 is 28.7. The van der Waals surface area contributed by atoms with Gasteiger partial charge in [-0.3, -0.25) is 4.90 Å². The number of nitrogens with zero attached hydrogens (tertiary/aromatic N) is 5. The highest BCUT2D eigenvalue weighted by Crippen LogP contribution is 2.48. The minimum Gasteiger partial charge on any atom is -0.349 e. The number of piperidine rings is 3. The van der Waals surface area contributed by atoms with E-state index >= 15 is 0 Å². The van der Waals surface area contributed by atoms with Gasteiger partial charge in [-0.1, -0.05) is 12.1 Å². The Labute approximate surface area is 160 Å². The molecule has 0 amide bonds. The van der Waals surface area contributed by atoms with Crippen molar-refractivity contribution in [1.82, 2.24) is 24.8 Å². The maximum atomic E-state index is 14.7. The van der Waals surface area contributed by atoms with Crippen molar-refractivity contribution in [3.05, 3.63) is 48.1 Å². The number of hydrogen-bond donors (Lipinski definition) is 1. The fraction of sp³-hybridized carbons (Fsp3) is 0.450. The molecule has 3 atom stereocenters. The van der Waals surface area contributed by atoms with Crippen LogP contribution >= 0.6 is 0 Å². The molecule has 3 aromatic rings. The summed E-state index contributed by atoms with van der Waals surface area (Å²) in [6, 6.07) is 4.93. The number of H-pyrrole nitrogens is 1. The van der Waals surface area contributed by atoms with Crippen LogP contribution in [-0.4, -0.2) is 56.6 Å². The number of halogens is 2. The lowest BCUT2D eigenvalue weighted by Crippen LogP contribution is -2.60. The molecule has 4 aliphatic rings. The van der Waals surface area contributed by atoms with E-state index in [0.717, 1.165) is 37.3 Å². The Morgan fingerprint density at radius 3 is 2.75 bits per heavy atom. The predicted molar refractivity (Wildman–Crippen MR) is 100 cm³/mol. The quantitative estimate of drug-likeness (QED) is 0.739. The second-order valence-electron chi connectivity index (χ2n) is 8.05. The third-order valence-electron chi connectivity index (χ3n) is 6.85. The molecule has 1 N–H and O–H groups in total. The lowest BCUT2D eigenvalue weighted by Gasteiger charge is -2.51. The number of benzene rings is 1. The number of rotatable bonds is 2. The first-order valence-corrected chi connectivity index (χ1v) is 9.81. The molecular formula is C20H20F2N6. The zero-order valence-electron chi connectivity index (χ0n) is 15.2. The predicted octanol–water partition coefficient (Wildman–Crippen LogP) is 2.70. The Morgan fingerprint density at radius 2 is 1.89 bits per heavy atom. The topological polar surface area (TPSA) is 60.9 Å². The maximum Gasteiger partial charge on any atom is 0.182 e. The molecule has 0 spiro atoms. The Hall–Kier alpha value is -2.61. The molecule has 28 heavy (non-hydrogen) atoms. The summed E-state index contributed by atoms with van der Waals surface area (Å²) in [5.74, 6) is -0.251. The van der Waals surface area contributed by atoms with Gasteiger partial charge in [0, 0.05) is 24.5 Å². The Balaban J connectivity index is 1.50. The lowest BCUT2D eigenvalue weighted by molar-refractivity contribution is 0.0350. The number of aromatic nitrogens is 4. The molecular weight excluding hydrogens is 362 g/mol. The molecule has 0 radical (unpaired) electrons. The van der Waals surface area contributed by atoms with Crippen LogP contribution in [-0.2, 0) is 0 Å². The minimum absolute atomic E-state index is 0.100. The molecule has 4 aliphatic heterocycles. The molecule has 8 heteroatoms. The average molecular weight is 382 g/mol. The van der Waals surface area contributed by atoms with Crippen LogP contribution in [0.3, 0.4) is 0 Å². The maximum absolute atomic E-state index is 14.7.